The number of nitrogens with one attached hydrogen (secondary N) is 1. The van der Waals surface area contributed by atoms with Crippen LogP contribution >= 0.6 is 0 Å². The Bertz CT molecular complexity index is 527. The second kappa shape index (κ2) is 8.16. The van der Waals surface area contributed by atoms with Crippen LogP contribution < -0.4 is 5.32 Å². The van der Waals surface area contributed by atoms with E-state index in [2.05, 4.69) is 5.32 Å². The molecule has 0 aromatic heterocycles. The number of carbonyl (C=O) groups excluding carboxylic acids is 4. The number of amides is 1. The highest BCUT2D eigenvalue weighted by Gasteiger charge is 2.42. The topological polar surface area (TPSA) is 117 Å². The molecule has 128 valence electrons. The van der Waals surface area contributed by atoms with Gasteiger partial charge >= 0.3 is 17.9 Å². The minimum atomic E-state index is -1.09. The van der Waals surface area contributed by atoms with E-state index < -0.39 is 42.1 Å². The zero-order valence-corrected chi connectivity index (χ0v) is 13.3. The molecule has 0 bridgehead atoms. The summed E-state index contributed by atoms with van der Waals surface area (Å²) in [5.41, 5.74) is 0.123. The Morgan fingerprint density at radius 1 is 1.04 bits per heavy atom. The predicted octanol–water partition coefficient (Wildman–Crippen LogP) is -0.211. The van der Waals surface area contributed by atoms with Crippen LogP contribution in [0.4, 0.5) is 0 Å². The lowest BCUT2D eigenvalue weighted by molar-refractivity contribution is -0.181. The second-order valence-electron chi connectivity index (χ2n) is 4.84. The molecule has 0 saturated carbocycles. The van der Waals surface area contributed by atoms with Crippen LogP contribution in [0.15, 0.2) is 12.0 Å². The molecular weight excluding hydrogens is 310 g/mol. The van der Waals surface area contributed by atoms with Gasteiger partial charge in [-0.25, -0.2) is 0 Å². The number of hydrogen-bond donors (Lipinski definition) is 1. The minimum Gasteiger partial charge on any atom is -0.488 e. The Balaban J connectivity index is 3.07. The third kappa shape index (κ3) is 5.97. The van der Waals surface area contributed by atoms with E-state index in [0.717, 1.165) is 0 Å². The highest BCUT2D eigenvalue weighted by molar-refractivity contribution is 5.75. The maximum Gasteiger partial charge on any atom is 0.303 e. The summed E-state index contributed by atoms with van der Waals surface area (Å²) in [6.07, 6.45) is -1.88. The number of carbonyl (C=O) groups is 4. The zero-order chi connectivity index (χ0) is 17.6. The van der Waals surface area contributed by atoms with Gasteiger partial charge < -0.3 is 24.3 Å². The maximum atomic E-state index is 11.3. The Hall–Kier alpha value is -2.58. The second-order valence-corrected chi connectivity index (χ2v) is 4.84. The fraction of sp³-hybridized carbons (Fsp3) is 0.571. The monoisotopic (exact) mass is 329 g/mol. The van der Waals surface area contributed by atoms with E-state index >= 15 is 0 Å². The van der Waals surface area contributed by atoms with Crippen LogP contribution in [0.2, 0.25) is 0 Å². The third-order valence-electron chi connectivity index (χ3n) is 2.71. The summed E-state index contributed by atoms with van der Waals surface area (Å²) in [7, 11) is 0. The molecule has 0 aromatic carbocycles. The summed E-state index contributed by atoms with van der Waals surface area (Å²) < 4.78 is 20.5. The number of esters is 3. The molecule has 1 N–H and O–H groups in total. The first kappa shape index (κ1) is 18.5. The van der Waals surface area contributed by atoms with Crippen molar-refractivity contribution in [3.8, 4) is 0 Å². The molecule has 1 unspecified atom stereocenters. The molecule has 1 rings (SSSR count). The van der Waals surface area contributed by atoms with Crippen LogP contribution in [0.5, 0.6) is 0 Å². The van der Waals surface area contributed by atoms with Gasteiger partial charge in [0.15, 0.2) is 18.3 Å². The van der Waals surface area contributed by atoms with Gasteiger partial charge in [0.25, 0.3) is 0 Å². The van der Waals surface area contributed by atoms with Crippen molar-refractivity contribution >= 4 is 23.8 Å². The quantitative estimate of drug-likeness (QED) is 0.544. The normalized spacial score (nSPS) is 23.0. The highest BCUT2D eigenvalue weighted by Crippen LogP contribution is 2.24. The van der Waals surface area contributed by atoms with E-state index in [-0.39, 0.29) is 12.3 Å². The first-order chi connectivity index (χ1) is 10.7. The van der Waals surface area contributed by atoms with Gasteiger partial charge in [-0.1, -0.05) is 0 Å². The fourth-order valence-corrected chi connectivity index (χ4v) is 1.95. The Morgan fingerprint density at radius 3 is 2.13 bits per heavy atom. The van der Waals surface area contributed by atoms with Gasteiger partial charge in [0.2, 0.25) is 5.91 Å². The maximum absolute atomic E-state index is 11.3. The molecule has 9 nitrogen and oxygen atoms in total. The van der Waals surface area contributed by atoms with Gasteiger partial charge in [-0.05, 0) is 0 Å². The molecule has 1 heterocycles. The smallest absolute Gasteiger partial charge is 0.303 e. The van der Waals surface area contributed by atoms with Crippen LogP contribution in [0, 0.1) is 0 Å². The Kier molecular flexibility index (Phi) is 6.55. The van der Waals surface area contributed by atoms with Gasteiger partial charge in [-0.15, -0.1) is 0 Å². The van der Waals surface area contributed by atoms with E-state index in [1.165, 1.54) is 34.0 Å². The molecule has 1 amide bonds. The lowest BCUT2D eigenvalue weighted by atomic mass is 10.0. The lowest BCUT2D eigenvalue weighted by Gasteiger charge is -2.36. The van der Waals surface area contributed by atoms with E-state index in [1.807, 2.05) is 0 Å². The molecule has 0 radical (unpaired) electrons. The molecule has 0 saturated heterocycles. The predicted molar refractivity (Wildman–Crippen MR) is 74.5 cm³/mol. The Labute approximate surface area is 132 Å². The average molecular weight is 329 g/mol. The zero-order valence-electron chi connectivity index (χ0n) is 13.3. The van der Waals surface area contributed by atoms with Crippen LogP contribution in [0.1, 0.15) is 27.7 Å². The van der Waals surface area contributed by atoms with Crippen molar-refractivity contribution in [3.63, 3.8) is 0 Å². The lowest BCUT2D eigenvalue weighted by Crippen LogP contribution is -2.52. The molecule has 0 aliphatic carbocycles. The summed E-state index contributed by atoms with van der Waals surface area (Å²) in [5, 5.41) is 2.45. The summed E-state index contributed by atoms with van der Waals surface area (Å²) in [5.74, 6) is -2.25. The molecule has 3 atom stereocenters. The molecule has 9 heteroatoms. The molecule has 23 heavy (non-hydrogen) atoms. The van der Waals surface area contributed by atoms with Crippen LogP contribution in [0.3, 0.4) is 0 Å². The van der Waals surface area contributed by atoms with Gasteiger partial charge in [0, 0.05) is 27.7 Å². The van der Waals surface area contributed by atoms with E-state index in [9.17, 15) is 19.2 Å². The van der Waals surface area contributed by atoms with Crippen molar-refractivity contribution < 1.29 is 38.1 Å². The standard InChI is InChI=1S/C14H19NO8/c1-7(16)15-11-5-21-12(6-20-8(2)17)14(23-10(4)19)13(11)22-9(3)18/h5,12-14H,6H2,1-4H3,(H,15,16)/t12?,13-,14+/m1/s1. The van der Waals surface area contributed by atoms with Crippen molar-refractivity contribution in [1.82, 2.24) is 5.32 Å². The number of ether oxygens (including phenoxy) is 4. The third-order valence-corrected chi connectivity index (χ3v) is 2.71. The summed E-state index contributed by atoms with van der Waals surface area (Å²) in [4.78, 5) is 44.8. The van der Waals surface area contributed by atoms with Crippen LogP contribution in [0.25, 0.3) is 0 Å². The molecule has 1 aliphatic heterocycles. The Morgan fingerprint density at radius 2 is 1.65 bits per heavy atom. The molecule has 0 aromatic rings. The highest BCUT2D eigenvalue weighted by atomic mass is 16.6. The molecular formula is C14H19NO8. The van der Waals surface area contributed by atoms with Crippen molar-refractivity contribution in [2.75, 3.05) is 6.61 Å². The number of hydrogen-bond acceptors (Lipinski definition) is 8. The minimum absolute atomic E-state index is 0.123. The van der Waals surface area contributed by atoms with E-state index in [1.54, 1.807) is 0 Å². The number of rotatable bonds is 5. The first-order valence-corrected chi connectivity index (χ1v) is 6.81. The molecule has 0 fully saturated rings. The van der Waals surface area contributed by atoms with Gasteiger partial charge in [-0.3, -0.25) is 19.2 Å². The van der Waals surface area contributed by atoms with Crippen molar-refractivity contribution in [2.45, 2.75) is 46.0 Å². The van der Waals surface area contributed by atoms with Crippen molar-refractivity contribution in [2.24, 2.45) is 0 Å². The van der Waals surface area contributed by atoms with E-state index in [4.69, 9.17) is 18.9 Å². The largest absolute Gasteiger partial charge is 0.488 e. The summed E-state index contributed by atoms with van der Waals surface area (Å²) in [6.45, 7) is 4.61. The fourth-order valence-electron chi connectivity index (χ4n) is 1.95. The van der Waals surface area contributed by atoms with Gasteiger partial charge in [-0.2, -0.15) is 0 Å². The van der Waals surface area contributed by atoms with Gasteiger partial charge in [0.05, 0.1) is 5.70 Å². The SMILES string of the molecule is CC(=O)NC1=COC(COC(C)=O)[C@H](OC(C)=O)[C@@H]1OC(C)=O. The summed E-state index contributed by atoms with van der Waals surface area (Å²) in [6, 6.07) is 0. The molecule has 0 spiro atoms. The van der Waals surface area contributed by atoms with Gasteiger partial charge in [0.1, 0.15) is 12.9 Å². The molecule has 1 aliphatic rings. The van der Waals surface area contributed by atoms with E-state index in [0.29, 0.717) is 0 Å². The van der Waals surface area contributed by atoms with Crippen molar-refractivity contribution in [1.29, 1.82) is 0 Å². The average Bonchev–Trinajstić information content (AvgIpc) is 2.39. The summed E-state index contributed by atoms with van der Waals surface area (Å²) >= 11 is 0. The van der Waals surface area contributed by atoms with Crippen LogP contribution in [-0.2, 0) is 38.1 Å². The van der Waals surface area contributed by atoms with Crippen LogP contribution in [-0.4, -0.2) is 48.7 Å². The first-order valence-electron chi connectivity index (χ1n) is 6.81. The van der Waals surface area contributed by atoms with Crippen molar-refractivity contribution in [3.05, 3.63) is 12.0 Å².